The van der Waals surface area contributed by atoms with Crippen molar-refractivity contribution < 1.29 is 14.6 Å². The predicted molar refractivity (Wildman–Crippen MR) is 93.0 cm³/mol. The third-order valence-electron chi connectivity index (χ3n) is 4.50. The van der Waals surface area contributed by atoms with Crippen LogP contribution in [0.3, 0.4) is 0 Å². The van der Waals surface area contributed by atoms with Crippen molar-refractivity contribution >= 4 is 5.91 Å². The Bertz CT molecular complexity index is 946. The number of hydrogen-bond acceptors (Lipinski definition) is 5. The van der Waals surface area contributed by atoms with Gasteiger partial charge in [0, 0.05) is 18.3 Å². The Balaban J connectivity index is 1.54. The highest BCUT2D eigenvalue weighted by atomic mass is 16.5. The van der Waals surface area contributed by atoms with Gasteiger partial charge in [-0.3, -0.25) is 9.48 Å². The number of carbonyl (C=O) groups is 1. The van der Waals surface area contributed by atoms with Gasteiger partial charge >= 0.3 is 0 Å². The first kappa shape index (κ1) is 16.3. The zero-order valence-electron chi connectivity index (χ0n) is 14.4. The molecule has 1 N–H and O–H groups in total. The summed E-state index contributed by atoms with van der Waals surface area (Å²) in [6.45, 7) is 1.45. The Hall–Kier alpha value is -3.13. The first-order chi connectivity index (χ1) is 12.7. The van der Waals surface area contributed by atoms with Gasteiger partial charge in [-0.05, 0) is 12.1 Å². The molecule has 26 heavy (non-hydrogen) atoms. The molecule has 0 fully saturated rings. The molecule has 0 bridgehead atoms. The van der Waals surface area contributed by atoms with Gasteiger partial charge in [-0.15, -0.1) is 0 Å². The number of aromatic nitrogens is 4. The fourth-order valence-electron chi connectivity index (χ4n) is 3.20. The lowest BCUT2D eigenvalue weighted by atomic mass is 10.3. The van der Waals surface area contributed by atoms with Crippen LogP contribution in [-0.2, 0) is 19.6 Å². The van der Waals surface area contributed by atoms with E-state index in [0.29, 0.717) is 30.9 Å². The van der Waals surface area contributed by atoms with E-state index in [4.69, 9.17) is 9.84 Å². The van der Waals surface area contributed by atoms with E-state index in [0.717, 1.165) is 16.9 Å². The Morgan fingerprint density at radius 2 is 2.08 bits per heavy atom. The maximum absolute atomic E-state index is 12.8. The summed E-state index contributed by atoms with van der Waals surface area (Å²) in [5.74, 6) is 0.602. The van der Waals surface area contributed by atoms with Crippen LogP contribution in [0.1, 0.15) is 21.6 Å². The van der Waals surface area contributed by atoms with Crippen molar-refractivity contribution in [1.82, 2.24) is 24.5 Å². The zero-order valence-corrected chi connectivity index (χ0v) is 14.4. The minimum atomic E-state index is -0.0853. The molecule has 8 nitrogen and oxygen atoms in total. The van der Waals surface area contributed by atoms with Crippen molar-refractivity contribution in [3.8, 4) is 11.4 Å². The molecule has 3 aromatic rings. The van der Waals surface area contributed by atoms with Gasteiger partial charge in [-0.1, -0.05) is 12.1 Å². The van der Waals surface area contributed by atoms with E-state index in [1.165, 1.54) is 0 Å². The molecular formula is C18H19N5O3. The fraction of sp³-hybridized carbons (Fsp3) is 0.278. The lowest BCUT2D eigenvalue weighted by molar-refractivity contribution is 0.0747. The van der Waals surface area contributed by atoms with Gasteiger partial charge in [0.2, 0.25) is 0 Å². The van der Waals surface area contributed by atoms with Crippen LogP contribution in [0.5, 0.6) is 5.75 Å². The minimum absolute atomic E-state index is 0.0216. The average molecular weight is 353 g/mol. The maximum Gasteiger partial charge on any atom is 0.257 e. The molecule has 0 spiro atoms. The summed E-state index contributed by atoms with van der Waals surface area (Å²) in [5, 5.41) is 17.7. The highest BCUT2D eigenvalue weighted by Gasteiger charge is 2.28. The Morgan fingerprint density at radius 1 is 1.23 bits per heavy atom. The number of aliphatic hydroxyl groups is 1. The molecule has 1 aliphatic heterocycles. The van der Waals surface area contributed by atoms with E-state index in [9.17, 15) is 4.79 Å². The number of para-hydroxylation sites is 2. The minimum Gasteiger partial charge on any atom is -0.494 e. The van der Waals surface area contributed by atoms with Crippen LogP contribution < -0.4 is 4.74 Å². The predicted octanol–water partition coefficient (Wildman–Crippen LogP) is 1.23. The van der Waals surface area contributed by atoms with Crippen molar-refractivity contribution in [1.29, 1.82) is 0 Å². The number of methoxy groups -OCH3 is 1. The number of aliphatic hydroxyl groups excluding tert-OH is 1. The number of fused-ring (bicyclic) bond motifs is 1. The Labute approximate surface area is 150 Å². The first-order valence-electron chi connectivity index (χ1n) is 8.33. The molecule has 0 aliphatic carbocycles. The van der Waals surface area contributed by atoms with E-state index < -0.39 is 0 Å². The van der Waals surface area contributed by atoms with E-state index in [1.54, 1.807) is 40.0 Å². The molecule has 1 aromatic carbocycles. The molecule has 0 saturated heterocycles. The van der Waals surface area contributed by atoms with Crippen LogP contribution in [-0.4, -0.2) is 49.2 Å². The Morgan fingerprint density at radius 3 is 2.88 bits per heavy atom. The molecule has 0 unspecified atom stereocenters. The number of benzene rings is 1. The lowest BCUT2D eigenvalue weighted by Crippen LogP contribution is -2.26. The molecule has 1 amide bonds. The third kappa shape index (κ3) is 2.74. The number of amides is 1. The summed E-state index contributed by atoms with van der Waals surface area (Å²) in [6, 6.07) is 7.51. The lowest BCUT2D eigenvalue weighted by Gasteiger charge is -2.15. The van der Waals surface area contributed by atoms with Gasteiger partial charge in [0.15, 0.2) is 0 Å². The average Bonchev–Trinajstić information content (AvgIpc) is 3.38. The summed E-state index contributed by atoms with van der Waals surface area (Å²) in [4.78, 5) is 14.6. The number of ether oxygens (including phenoxy) is 1. The summed E-state index contributed by atoms with van der Waals surface area (Å²) < 4.78 is 8.74. The van der Waals surface area contributed by atoms with E-state index >= 15 is 0 Å². The molecule has 8 heteroatoms. The van der Waals surface area contributed by atoms with E-state index in [-0.39, 0.29) is 12.5 Å². The van der Waals surface area contributed by atoms with Crippen molar-refractivity contribution in [3.63, 3.8) is 0 Å². The maximum atomic E-state index is 12.8. The molecule has 0 saturated carbocycles. The second-order valence-electron chi connectivity index (χ2n) is 6.07. The molecule has 3 heterocycles. The quantitative estimate of drug-likeness (QED) is 0.746. The van der Waals surface area contributed by atoms with Crippen molar-refractivity contribution in [2.45, 2.75) is 19.6 Å². The van der Waals surface area contributed by atoms with Crippen LogP contribution >= 0.6 is 0 Å². The topological polar surface area (TPSA) is 85.4 Å². The standard InChI is InChI=1S/C18H19N5O3/c1-26-17-5-3-2-4-15(17)23-11-14(9-20-23)18(25)21-10-13-8-19-22(6-7-24)16(13)12-21/h2-5,8-9,11,24H,6-7,10,12H2,1H3. The first-order valence-corrected chi connectivity index (χ1v) is 8.33. The highest BCUT2D eigenvalue weighted by Crippen LogP contribution is 2.25. The van der Waals surface area contributed by atoms with Gasteiger partial charge in [-0.2, -0.15) is 10.2 Å². The van der Waals surface area contributed by atoms with Gasteiger partial charge in [0.1, 0.15) is 11.4 Å². The van der Waals surface area contributed by atoms with Crippen LogP contribution in [0, 0.1) is 0 Å². The summed E-state index contributed by atoms with van der Waals surface area (Å²) in [6.07, 6.45) is 5.04. The van der Waals surface area contributed by atoms with Crippen molar-refractivity contribution in [2.24, 2.45) is 0 Å². The highest BCUT2D eigenvalue weighted by molar-refractivity contribution is 5.94. The molecular weight excluding hydrogens is 334 g/mol. The largest absolute Gasteiger partial charge is 0.494 e. The normalized spacial score (nSPS) is 13.1. The summed E-state index contributed by atoms with van der Waals surface area (Å²) in [5.41, 5.74) is 3.29. The van der Waals surface area contributed by atoms with E-state index in [1.807, 2.05) is 24.3 Å². The van der Waals surface area contributed by atoms with Crippen LogP contribution in [0.15, 0.2) is 42.9 Å². The molecule has 0 atom stereocenters. The monoisotopic (exact) mass is 353 g/mol. The number of carbonyl (C=O) groups excluding carboxylic acids is 1. The van der Waals surface area contributed by atoms with Crippen LogP contribution in [0.2, 0.25) is 0 Å². The van der Waals surface area contributed by atoms with Gasteiger partial charge in [0.05, 0.1) is 50.5 Å². The Kier molecular flexibility index (Phi) is 4.18. The number of rotatable bonds is 5. The van der Waals surface area contributed by atoms with Crippen molar-refractivity contribution in [2.75, 3.05) is 13.7 Å². The van der Waals surface area contributed by atoms with Gasteiger partial charge < -0.3 is 14.7 Å². The number of nitrogens with zero attached hydrogens (tertiary/aromatic N) is 5. The smallest absolute Gasteiger partial charge is 0.257 e. The number of hydrogen-bond donors (Lipinski definition) is 1. The molecule has 2 aromatic heterocycles. The second-order valence-corrected chi connectivity index (χ2v) is 6.07. The van der Waals surface area contributed by atoms with Gasteiger partial charge in [0.25, 0.3) is 5.91 Å². The fourth-order valence-corrected chi connectivity index (χ4v) is 3.20. The molecule has 0 radical (unpaired) electrons. The zero-order chi connectivity index (χ0) is 18.1. The SMILES string of the molecule is COc1ccccc1-n1cc(C(=O)N2Cc3cnn(CCO)c3C2)cn1. The van der Waals surface area contributed by atoms with Crippen LogP contribution in [0.25, 0.3) is 5.69 Å². The third-order valence-corrected chi connectivity index (χ3v) is 4.50. The molecule has 134 valence electrons. The summed E-state index contributed by atoms with van der Waals surface area (Å²) in [7, 11) is 1.60. The van der Waals surface area contributed by atoms with E-state index in [2.05, 4.69) is 10.2 Å². The van der Waals surface area contributed by atoms with Gasteiger partial charge in [-0.25, -0.2) is 4.68 Å². The van der Waals surface area contributed by atoms with Crippen LogP contribution in [0.4, 0.5) is 0 Å². The summed E-state index contributed by atoms with van der Waals surface area (Å²) >= 11 is 0. The van der Waals surface area contributed by atoms with Crippen molar-refractivity contribution in [3.05, 3.63) is 59.7 Å². The molecule has 4 rings (SSSR count). The molecule has 1 aliphatic rings. The second kappa shape index (κ2) is 6.64.